The third-order valence-electron chi connectivity index (χ3n) is 4.40. The maximum absolute atomic E-state index is 12.5. The zero-order chi connectivity index (χ0) is 17.9. The standard InChI is InChI=1S/C18H24N2O4/c1-11(2)13-4-6-14(7-5-13)20-9-8-15(17(20)22)16(21)19-10-12(3)18(23)24/h4-7,11-12,15H,8-10H2,1-3H3,(H,19,21)(H,23,24). The molecule has 0 saturated carbocycles. The molecule has 130 valence electrons. The molecule has 1 saturated heterocycles. The molecule has 6 nitrogen and oxygen atoms in total. The maximum Gasteiger partial charge on any atom is 0.308 e. The van der Waals surface area contributed by atoms with Crippen molar-refractivity contribution in [3.05, 3.63) is 29.8 Å². The summed E-state index contributed by atoms with van der Waals surface area (Å²) < 4.78 is 0. The van der Waals surface area contributed by atoms with Gasteiger partial charge >= 0.3 is 5.97 Å². The Balaban J connectivity index is 1.99. The number of hydrogen-bond acceptors (Lipinski definition) is 3. The summed E-state index contributed by atoms with van der Waals surface area (Å²) in [4.78, 5) is 37.0. The summed E-state index contributed by atoms with van der Waals surface area (Å²) in [6, 6.07) is 7.80. The molecule has 0 spiro atoms. The molecule has 2 amide bonds. The minimum atomic E-state index is -0.972. The fraction of sp³-hybridized carbons (Fsp3) is 0.500. The number of carbonyl (C=O) groups excluding carboxylic acids is 2. The number of hydrogen-bond donors (Lipinski definition) is 2. The third-order valence-corrected chi connectivity index (χ3v) is 4.40. The fourth-order valence-corrected chi connectivity index (χ4v) is 2.68. The highest BCUT2D eigenvalue weighted by Crippen LogP contribution is 2.27. The van der Waals surface area contributed by atoms with Crippen molar-refractivity contribution in [2.75, 3.05) is 18.0 Å². The Kier molecular flexibility index (Phi) is 5.59. The van der Waals surface area contributed by atoms with E-state index in [4.69, 9.17) is 5.11 Å². The molecule has 1 heterocycles. The summed E-state index contributed by atoms with van der Waals surface area (Å²) in [5.74, 6) is -2.59. The maximum atomic E-state index is 12.5. The van der Waals surface area contributed by atoms with E-state index in [2.05, 4.69) is 19.2 Å². The Labute approximate surface area is 141 Å². The van der Waals surface area contributed by atoms with Crippen molar-refractivity contribution < 1.29 is 19.5 Å². The average Bonchev–Trinajstić information content (AvgIpc) is 2.93. The monoisotopic (exact) mass is 332 g/mol. The number of carboxylic acids is 1. The van der Waals surface area contributed by atoms with Gasteiger partial charge in [0.05, 0.1) is 5.92 Å². The number of nitrogens with zero attached hydrogens (tertiary/aromatic N) is 1. The van der Waals surface area contributed by atoms with Crippen LogP contribution in [0.4, 0.5) is 5.69 Å². The van der Waals surface area contributed by atoms with E-state index in [0.29, 0.717) is 18.9 Å². The van der Waals surface area contributed by atoms with E-state index in [1.165, 1.54) is 12.5 Å². The van der Waals surface area contributed by atoms with Crippen molar-refractivity contribution in [3.8, 4) is 0 Å². The quantitative estimate of drug-likeness (QED) is 0.780. The molecule has 1 aliphatic heterocycles. The molecule has 0 aromatic heterocycles. The first kappa shape index (κ1) is 18.0. The summed E-state index contributed by atoms with van der Waals surface area (Å²) in [5.41, 5.74) is 1.99. The van der Waals surface area contributed by atoms with Gasteiger partial charge in [-0.15, -0.1) is 0 Å². The van der Waals surface area contributed by atoms with Crippen molar-refractivity contribution in [1.82, 2.24) is 5.32 Å². The molecule has 1 aliphatic rings. The van der Waals surface area contributed by atoms with Gasteiger partial charge in [-0.3, -0.25) is 14.4 Å². The molecular weight excluding hydrogens is 308 g/mol. The second kappa shape index (κ2) is 7.47. The lowest BCUT2D eigenvalue weighted by molar-refractivity contribution is -0.141. The van der Waals surface area contributed by atoms with Crippen molar-refractivity contribution in [3.63, 3.8) is 0 Å². The molecule has 2 N–H and O–H groups in total. The fourth-order valence-electron chi connectivity index (χ4n) is 2.68. The van der Waals surface area contributed by atoms with Gasteiger partial charge in [0.25, 0.3) is 0 Å². The second-order valence-electron chi connectivity index (χ2n) is 6.56. The molecule has 6 heteroatoms. The lowest BCUT2D eigenvalue weighted by Crippen LogP contribution is -2.39. The summed E-state index contributed by atoms with van der Waals surface area (Å²) in [7, 11) is 0. The van der Waals surface area contributed by atoms with Crippen LogP contribution in [0.3, 0.4) is 0 Å². The topological polar surface area (TPSA) is 86.7 Å². The number of carbonyl (C=O) groups is 3. The Morgan fingerprint density at radius 2 is 1.88 bits per heavy atom. The van der Waals surface area contributed by atoms with Crippen molar-refractivity contribution in [1.29, 1.82) is 0 Å². The second-order valence-corrected chi connectivity index (χ2v) is 6.56. The van der Waals surface area contributed by atoms with E-state index in [0.717, 1.165) is 5.69 Å². The van der Waals surface area contributed by atoms with Crippen LogP contribution >= 0.6 is 0 Å². The summed E-state index contributed by atoms with van der Waals surface area (Å²) >= 11 is 0. The average molecular weight is 332 g/mol. The van der Waals surface area contributed by atoms with Gasteiger partial charge in [0.2, 0.25) is 11.8 Å². The predicted octanol–water partition coefficient (Wildman–Crippen LogP) is 2.00. The number of amides is 2. The van der Waals surface area contributed by atoms with Crippen LogP contribution < -0.4 is 10.2 Å². The molecule has 1 aromatic carbocycles. The van der Waals surface area contributed by atoms with Gasteiger partial charge in [0, 0.05) is 18.8 Å². The minimum Gasteiger partial charge on any atom is -0.481 e. The predicted molar refractivity (Wildman–Crippen MR) is 90.8 cm³/mol. The van der Waals surface area contributed by atoms with Gasteiger partial charge in [-0.1, -0.05) is 32.9 Å². The summed E-state index contributed by atoms with van der Waals surface area (Å²) in [6.07, 6.45) is 0.443. The molecule has 2 atom stereocenters. The van der Waals surface area contributed by atoms with E-state index in [1.807, 2.05) is 24.3 Å². The van der Waals surface area contributed by atoms with Gasteiger partial charge in [0.15, 0.2) is 0 Å². The number of benzene rings is 1. The van der Waals surface area contributed by atoms with E-state index >= 15 is 0 Å². The smallest absolute Gasteiger partial charge is 0.308 e. The summed E-state index contributed by atoms with van der Waals surface area (Å²) in [5, 5.41) is 11.4. The zero-order valence-corrected chi connectivity index (χ0v) is 14.3. The third kappa shape index (κ3) is 3.93. The number of rotatable bonds is 6. The molecule has 1 aromatic rings. The van der Waals surface area contributed by atoms with Crippen LogP contribution in [0.25, 0.3) is 0 Å². The highest BCUT2D eigenvalue weighted by atomic mass is 16.4. The number of aliphatic carboxylic acids is 1. The van der Waals surface area contributed by atoms with Gasteiger partial charge in [-0.2, -0.15) is 0 Å². The van der Waals surface area contributed by atoms with Crippen molar-refractivity contribution >= 4 is 23.5 Å². The zero-order valence-electron chi connectivity index (χ0n) is 14.3. The van der Waals surface area contributed by atoms with Crippen LogP contribution in [0.5, 0.6) is 0 Å². The van der Waals surface area contributed by atoms with Gasteiger partial charge in [-0.25, -0.2) is 0 Å². The van der Waals surface area contributed by atoms with E-state index < -0.39 is 23.7 Å². The number of nitrogens with one attached hydrogen (secondary N) is 1. The molecule has 2 rings (SSSR count). The normalized spacial score (nSPS) is 18.8. The Morgan fingerprint density at radius 1 is 1.25 bits per heavy atom. The molecule has 0 radical (unpaired) electrons. The summed E-state index contributed by atoms with van der Waals surface area (Å²) in [6.45, 7) is 6.25. The largest absolute Gasteiger partial charge is 0.481 e. The first-order chi connectivity index (χ1) is 11.3. The van der Waals surface area contributed by atoms with E-state index in [1.54, 1.807) is 4.90 Å². The highest BCUT2D eigenvalue weighted by molar-refractivity contribution is 6.09. The molecule has 24 heavy (non-hydrogen) atoms. The van der Waals surface area contributed by atoms with Gasteiger partial charge in [-0.05, 0) is 30.0 Å². The van der Waals surface area contributed by atoms with Gasteiger partial charge in [0.1, 0.15) is 5.92 Å². The Bertz CT molecular complexity index is 624. The lowest BCUT2D eigenvalue weighted by atomic mass is 10.0. The number of anilines is 1. The van der Waals surface area contributed by atoms with E-state index in [-0.39, 0.29) is 12.5 Å². The molecule has 1 fully saturated rings. The van der Waals surface area contributed by atoms with Gasteiger partial charge < -0.3 is 15.3 Å². The molecule has 0 bridgehead atoms. The van der Waals surface area contributed by atoms with Crippen LogP contribution in [0.1, 0.15) is 38.7 Å². The molecule has 2 unspecified atom stereocenters. The van der Waals surface area contributed by atoms with Crippen molar-refractivity contribution in [2.24, 2.45) is 11.8 Å². The first-order valence-corrected chi connectivity index (χ1v) is 8.23. The molecular formula is C18H24N2O4. The van der Waals surface area contributed by atoms with Crippen LogP contribution in [-0.4, -0.2) is 36.0 Å². The van der Waals surface area contributed by atoms with E-state index in [9.17, 15) is 14.4 Å². The first-order valence-electron chi connectivity index (χ1n) is 8.23. The lowest BCUT2D eigenvalue weighted by Gasteiger charge is -2.18. The SMILES string of the molecule is CC(CNC(=O)C1CCN(c2ccc(C(C)C)cc2)C1=O)C(=O)O. The van der Waals surface area contributed by atoms with Crippen LogP contribution in [-0.2, 0) is 14.4 Å². The Morgan fingerprint density at radius 3 is 2.42 bits per heavy atom. The minimum absolute atomic E-state index is 0.0288. The highest BCUT2D eigenvalue weighted by Gasteiger charge is 2.37. The van der Waals surface area contributed by atoms with Crippen LogP contribution in [0.2, 0.25) is 0 Å². The molecule has 0 aliphatic carbocycles. The number of carboxylic acid groups (broad SMARTS) is 1. The van der Waals surface area contributed by atoms with Crippen LogP contribution in [0.15, 0.2) is 24.3 Å². The van der Waals surface area contributed by atoms with Crippen molar-refractivity contribution in [2.45, 2.75) is 33.1 Å². The van der Waals surface area contributed by atoms with Crippen LogP contribution in [0, 0.1) is 11.8 Å². The Hall–Kier alpha value is -2.37.